The Bertz CT molecular complexity index is 1000. The van der Waals surface area contributed by atoms with Crippen LogP contribution in [0.5, 0.6) is 10.9 Å². The van der Waals surface area contributed by atoms with Crippen molar-refractivity contribution in [1.29, 1.82) is 5.41 Å². The quantitative estimate of drug-likeness (QED) is 0.400. The summed E-state index contributed by atoms with van der Waals surface area (Å²) in [6.07, 6.45) is 0.630. The first-order valence-corrected chi connectivity index (χ1v) is 10.4. The number of guanidine groups is 1. The zero-order valence-electron chi connectivity index (χ0n) is 16.9. The Morgan fingerprint density at radius 1 is 1.21 bits per heavy atom. The fourth-order valence-electron chi connectivity index (χ4n) is 2.65. The molecular weight excluding hydrogens is 406 g/mol. The molecule has 1 heterocycles. The Labute approximate surface area is 180 Å². The van der Waals surface area contributed by atoms with Crippen LogP contribution in [0.4, 0.5) is 5.69 Å². The molecule has 152 valence electrons. The lowest BCUT2D eigenvalue weighted by Gasteiger charge is -2.20. The van der Waals surface area contributed by atoms with Crippen molar-refractivity contribution in [3.05, 3.63) is 63.9 Å². The van der Waals surface area contributed by atoms with Crippen LogP contribution in [-0.4, -0.2) is 33.8 Å². The molecule has 0 atom stereocenters. The van der Waals surface area contributed by atoms with E-state index in [0.717, 1.165) is 40.5 Å². The van der Waals surface area contributed by atoms with Gasteiger partial charge in [0.2, 0.25) is 0 Å². The first-order valence-electron chi connectivity index (χ1n) is 9.28. The van der Waals surface area contributed by atoms with Crippen molar-refractivity contribution in [2.45, 2.75) is 27.2 Å². The predicted molar refractivity (Wildman–Crippen MR) is 120 cm³/mol. The number of halogens is 1. The number of anilines is 1. The van der Waals surface area contributed by atoms with Gasteiger partial charge in [-0.15, -0.1) is 0 Å². The molecular formula is C21H24ClN5OS. The lowest BCUT2D eigenvalue weighted by Crippen LogP contribution is -2.32. The molecule has 0 saturated carbocycles. The van der Waals surface area contributed by atoms with Gasteiger partial charge in [0.05, 0.1) is 0 Å². The Morgan fingerprint density at radius 2 is 1.93 bits per heavy atom. The maximum absolute atomic E-state index is 8.10. The maximum atomic E-state index is 8.10. The van der Waals surface area contributed by atoms with Gasteiger partial charge < -0.3 is 15.0 Å². The fourth-order valence-corrected chi connectivity index (χ4v) is 3.33. The number of aryl methyl sites for hydroxylation is 2. The number of hydrogen-bond acceptors (Lipinski definition) is 5. The first kappa shape index (κ1) is 21.1. The Kier molecular flexibility index (Phi) is 6.71. The summed E-state index contributed by atoms with van der Waals surface area (Å²) in [6, 6.07) is 11.6. The van der Waals surface area contributed by atoms with Crippen LogP contribution in [0.25, 0.3) is 0 Å². The van der Waals surface area contributed by atoms with E-state index in [1.807, 2.05) is 69.1 Å². The van der Waals surface area contributed by atoms with Crippen molar-refractivity contribution in [2.75, 3.05) is 18.9 Å². The summed E-state index contributed by atoms with van der Waals surface area (Å²) in [6.45, 7) is 6.73. The molecule has 0 aliphatic rings. The minimum absolute atomic E-state index is 0.361. The van der Waals surface area contributed by atoms with Crippen LogP contribution in [0.3, 0.4) is 0 Å². The molecule has 0 amide bonds. The number of nitrogens with one attached hydrogen (secondary N) is 2. The smallest absolute Gasteiger partial charge is 0.298 e. The van der Waals surface area contributed by atoms with Crippen LogP contribution in [-0.2, 0) is 6.42 Å². The lowest BCUT2D eigenvalue weighted by atomic mass is 10.1. The summed E-state index contributed by atoms with van der Waals surface area (Å²) in [7, 11) is 1.88. The van der Waals surface area contributed by atoms with Gasteiger partial charge in [-0.3, -0.25) is 5.41 Å². The molecule has 3 aromatic rings. The van der Waals surface area contributed by atoms with Gasteiger partial charge in [0.1, 0.15) is 5.75 Å². The molecule has 0 bridgehead atoms. The average Bonchev–Trinajstić information content (AvgIpc) is 3.13. The molecule has 2 N–H and O–H groups in total. The molecule has 0 aliphatic heterocycles. The van der Waals surface area contributed by atoms with E-state index >= 15 is 0 Å². The maximum Gasteiger partial charge on any atom is 0.298 e. The second-order valence-electron chi connectivity index (χ2n) is 6.80. The van der Waals surface area contributed by atoms with Gasteiger partial charge in [-0.05, 0) is 61.7 Å². The van der Waals surface area contributed by atoms with Crippen molar-refractivity contribution >= 4 is 34.8 Å². The van der Waals surface area contributed by atoms with Crippen LogP contribution in [0, 0.1) is 19.3 Å². The number of ether oxygens (including phenoxy) is 1. The molecule has 2 aromatic carbocycles. The van der Waals surface area contributed by atoms with Crippen molar-refractivity contribution in [2.24, 2.45) is 0 Å². The van der Waals surface area contributed by atoms with Gasteiger partial charge in [0.15, 0.2) is 11.8 Å². The Balaban J connectivity index is 1.70. The van der Waals surface area contributed by atoms with E-state index in [1.54, 1.807) is 0 Å². The highest BCUT2D eigenvalue weighted by molar-refractivity contribution is 7.07. The van der Waals surface area contributed by atoms with E-state index in [2.05, 4.69) is 14.7 Å². The van der Waals surface area contributed by atoms with E-state index < -0.39 is 0 Å². The zero-order chi connectivity index (χ0) is 21.0. The van der Waals surface area contributed by atoms with Gasteiger partial charge in [0, 0.05) is 42.3 Å². The van der Waals surface area contributed by atoms with Crippen molar-refractivity contribution in [1.82, 2.24) is 14.3 Å². The van der Waals surface area contributed by atoms with Crippen molar-refractivity contribution in [3.63, 3.8) is 0 Å². The normalized spacial score (nSPS) is 10.7. The third-order valence-corrected chi connectivity index (χ3v) is 5.44. The second-order valence-corrected chi connectivity index (χ2v) is 7.95. The van der Waals surface area contributed by atoms with Crippen LogP contribution in [0.15, 0.2) is 36.4 Å². The molecule has 8 heteroatoms. The van der Waals surface area contributed by atoms with Crippen LogP contribution in [0.1, 0.15) is 29.4 Å². The molecule has 0 aliphatic carbocycles. The summed E-state index contributed by atoms with van der Waals surface area (Å²) >= 11 is 7.17. The van der Waals surface area contributed by atoms with Crippen molar-refractivity contribution < 1.29 is 4.74 Å². The summed E-state index contributed by atoms with van der Waals surface area (Å²) < 4.78 is 10.4. The third-order valence-electron chi connectivity index (χ3n) is 4.55. The predicted octanol–water partition coefficient (Wildman–Crippen LogP) is 5.49. The van der Waals surface area contributed by atoms with Gasteiger partial charge in [0.25, 0.3) is 5.19 Å². The molecule has 6 nitrogen and oxygen atoms in total. The van der Waals surface area contributed by atoms with Gasteiger partial charge in [-0.2, -0.15) is 9.36 Å². The molecule has 29 heavy (non-hydrogen) atoms. The van der Waals surface area contributed by atoms with E-state index in [9.17, 15) is 0 Å². The molecule has 0 unspecified atom stereocenters. The number of aromatic nitrogens is 2. The zero-order valence-corrected chi connectivity index (χ0v) is 18.5. The number of rotatable bonds is 6. The van der Waals surface area contributed by atoms with Crippen molar-refractivity contribution in [3.8, 4) is 10.9 Å². The van der Waals surface area contributed by atoms with Gasteiger partial charge in [-0.1, -0.05) is 23.7 Å². The lowest BCUT2D eigenvalue weighted by molar-refractivity contribution is 0.473. The molecule has 0 fully saturated rings. The van der Waals surface area contributed by atoms with Crippen LogP contribution in [0.2, 0.25) is 5.02 Å². The van der Waals surface area contributed by atoms with Crippen LogP contribution >= 0.6 is 23.1 Å². The summed E-state index contributed by atoms with van der Waals surface area (Å²) in [5.41, 5.74) is 3.94. The molecule has 3 rings (SSSR count). The van der Waals surface area contributed by atoms with Crippen LogP contribution < -0.4 is 10.1 Å². The summed E-state index contributed by atoms with van der Waals surface area (Å²) in [4.78, 5) is 6.33. The monoisotopic (exact) mass is 429 g/mol. The standard InChI is InChI=1S/C21H24ClN5OS/c1-5-27(4)20(23)24-17-10-14(3)18(11-13(17)2)28-21-25-19(26-29-21)12-15-6-8-16(22)9-7-15/h6-11H,5,12H2,1-4H3,(H2,23,24). The number of nitrogens with zero attached hydrogens (tertiary/aromatic N) is 3. The highest BCUT2D eigenvalue weighted by Crippen LogP contribution is 2.31. The topological polar surface area (TPSA) is 74.1 Å². The largest absolute Gasteiger partial charge is 0.430 e. The minimum atomic E-state index is 0.361. The molecule has 0 radical (unpaired) electrons. The number of benzene rings is 2. The average molecular weight is 430 g/mol. The highest BCUT2D eigenvalue weighted by atomic mass is 35.5. The fraction of sp³-hybridized carbons (Fsp3) is 0.286. The molecule has 0 spiro atoms. The van der Waals surface area contributed by atoms with E-state index in [-0.39, 0.29) is 0 Å². The van der Waals surface area contributed by atoms with E-state index in [4.69, 9.17) is 21.7 Å². The molecule has 0 saturated heterocycles. The summed E-state index contributed by atoms with van der Waals surface area (Å²) in [5.74, 6) is 1.81. The number of hydrogen-bond donors (Lipinski definition) is 2. The molecule has 1 aromatic heterocycles. The minimum Gasteiger partial charge on any atom is -0.430 e. The third kappa shape index (κ3) is 5.46. The van der Waals surface area contributed by atoms with Gasteiger partial charge in [-0.25, -0.2) is 0 Å². The highest BCUT2D eigenvalue weighted by Gasteiger charge is 2.12. The Morgan fingerprint density at radius 3 is 2.62 bits per heavy atom. The summed E-state index contributed by atoms with van der Waals surface area (Å²) in [5, 5.41) is 12.5. The van der Waals surface area contributed by atoms with Gasteiger partial charge >= 0.3 is 0 Å². The van der Waals surface area contributed by atoms with E-state index in [1.165, 1.54) is 11.5 Å². The Hall–Kier alpha value is -2.64. The van der Waals surface area contributed by atoms with E-state index in [0.29, 0.717) is 22.6 Å². The SMILES string of the molecule is CCN(C)C(=N)Nc1cc(C)c(Oc2nc(Cc3ccc(Cl)cc3)ns2)cc1C. The first-order chi connectivity index (χ1) is 13.9. The second kappa shape index (κ2) is 9.24.